The Morgan fingerprint density at radius 1 is 0.886 bits per heavy atom. The van der Waals surface area contributed by atoms with Crippen LogP contribution < -0.4 is 20.1 Å². The SMILES string of the molecule is COc1ccc(CNC(=O)CN2C(=O)N[C@@](Cc3ccccc3)(c3ccccc3)C2=O)cc1OC. The van der Waals surface area contributed by atoms with Gasteiger partial charge in [-0.25, -0.2) is 4.79 Å². The van der Waals surface area contributed by atoms with Crippen molar-refractivity contribution < 1.29 is 23.9 Å². The zero-order valence-electron chi connectivity index (χ0n) is 19.6. The van der Waals surface area contributed by atoms with E-state index in [1.165, 1.54) is 7.11 Å². The number of carbonyl (C=O) groups is 3. The molecule has 4 rings (SSSR count). The summed E-state index contributed by atoms with van der Waals surface area (Å²) in [7, 11) is 3.08. The summed E-state index contributed by atoms with van der Waals surface area (Å²) in [5, 5.41) is 5.63. The van der Waals surface area contributed by atoms with Crippen LogP contribution in [0.1, 0.15) is 16.7 Å². The number of carbonyl (C=O) groups excluding carboxylic acids is 3. The third kappa shape index (κ3) is 4.96. The van der Waals surface area contributed by atoms with Gasteiger partial charge in [0.2, 0.25) is 5.91 Å². The molecule has 1 aliphatic heterocycles. The van der Waals surface area contributed by atoms with Crippen LogP contribution in [0, 0.1) is 0 Å². The van der Waals surface area contributed by atoms with Crippen molar-refractivity contribution in [1.29, 1.82) is 0 Å². The number of amides is 4. The average Bonchev–Trinajstić information content (AvgIpc) is 3.13. The maximum absolute atomic E-state index is 13.6. The van der Waals surface area contributed by atoms with Crippen molar-refractivity contribution in [3.05, 3.63) is 95.6 Å². The van der Waals surface area contributed by atoms with Crippen LogP contribution in [0.2, 0.25) is 0 Å². The Balaban J connectivity index is 1.50. The Morgan fingerprint density at radius 3 is 2.20 bits per heavy atom. The second kappa shape index (κ2) is 10.3. The van der Waals surface area contributed by atoms with Crippen LogP contribution in [0.5, 0.6) is 11.5 Å². The van der Waals surface area contributed by atoms with E-state index in [2.05, 4.69) is 10.6 Å². The fourth-order valence-corrected chi connectivity index (χ4v) is 4.20. The Kier molecular flexibility index (Phi) is 7.01. The molecule has 3 aromatic rings. The monoisotopic (exact) mass is 473 g/mol. The van der Waals surface area contributed by atoms with Gasteiger partial charge in [-0.15, -0.1) is 0 Å². The third-order valence-corrected chi connectivity index (χ3v) is 5.99. The van der Waals surface area contributed by atoms with Gasteiger partial charge in [-0.05, 0) is 28.8 Å². The van der Waals surface area contributed by atoms with Crippen molar-refractivity contribution in [2.45, 2.75) is 18.5 Å². The van der Waals surface area contributed by atoms with E-state index < -0.39 is 23.4 Å². The number of methoxy groups -OCH3 is 2. The molecule has 0 aromatic heterocycles. The Labute approximate surface area is 203 Å². The highest BCUT2D eigenvalue weighted by Gasteiger charge is 2.52. The summed E-state index contributed by atoms with van der Waals surface area (Å²) in [6, 6.07) is 23.3. The molecule has 0 spiro atoms. The normalized spacial score (nSPS) is 17.1. The molecule has 8 nitrogen and oxygen atoms in total. The van der Waals surface area contributed by atoms with Crippen LogP contribution in [0.4, 0.5) is 4.79 Å². The van der Waals surface area contributed by atoms with Crippen LogP contribution in [0.3, 0.4) is 0 Å². The average molecular weight is 474 g/mol. The number of hydrogen-bond acceptors (Lipinski definition) is 5. The first-order valence-corrected chi connectivity index (χ1v) is 11.2. The minimum atomic E-state index is -1.29. The zero-order valence-corrected chi connectivity index (χ0v) is 19.6. The summed E-state index contributed by atoms with van der Waals surface area (Å²) in [6.07, 6.45) is 0.270. The van der Waals surface area contributed by atoms with Gasteiger partial charge in [-0.2, -0.15) is 0 Å². The minimum absolute atomic E-state index is 0.205. The van der Waals surface area contributed by atoms with E-state index in [9.17, 15) is 14.4 Å². The molecule has 1 atom stereocenters. The summed E-state index contributed by atoms with van der Waals surface area (Å²) < 4.78 is 10.5. The molecule has 8 heteroatoms. The molecule has 180 valence electrons. The number of imide groups is 1. The Hall–Kier alpha value is -4.33. The minimum Gasteiger partial charge on any atom is -0.493 e. The van der Waals surface area contributed by atoms with E-state index in [1.807, 2.05) is 60.7 Å². The number of ether oxygens (including phenoxy) is 2. The number of hydrogen-bond donors (Lipinski definition) is 2. The van der Waals surface area contributed by atoms with Crippen molar-refractivity contribution in [2.24, 2.45) is 0 Å². The van der Waals surface area contributed by atoms with Gasteiger partial charge < -0.3 is 20.1 Å². The first-order chi connectivity index (χ1) is 17.0. The number of benzene rings is 3. The van der Waals surface area contributed by atoms with E-state index in [0.29, 0.717) is 17.1 Å². The van der Waals surface area contributed by atoms with Gasteiger partial charge >= 0.3 is 6.03 Å². The quantitative estimate of drug-likeness (QED) is 0.466. The lowest BCUT2D eigenvalue weighted by Crippen LogP contribution is -2.46. The summed E-state index contributed by atoms with van der Waals surface area (Å²) in [4.78, 5) is 40.2. The molecule has 4 amide bonds. The van der Waals surface area contributed by atoms with Gasteiger partial charge in [0.1, 0.15) is 6.54 Å². The van der Waals surface area contributed by atoms with E-state index in [4.69, 9.17) is 9.47 Å². The summed E-state index contributed by atoms with van der Waals surface area (Å²) in [5.74, 6) is 0.213. The molecule has 0 aliphatic carbocycles. The van der Waals surface area contributed by atoms with Crippen molar-refractivity contribution in [1.82, 2.24) is 15.5 Å². The van der Waals surface area contributed by atoms with Crippen LogP contribution in [0.15, 0.2) is 78.9 Å². The van der Waals surface area contributed by atoms with E-state index >= 15 is 0 Å². The van der Waals surface area contributed by atoms with Crippen molar-refractivity contribution in [3.63, 3.8) is 0 Å². The van der Waals surface area contributed by atoms with Gasteiger partial charge in [-0.3, -0.25) is 14.5 Å². The van der Waals surface area contributed by atoms with Gasteiger partial charge in [0, 0.05) is 13.0 Å². The zero-order chi connectivity index (χ0) is 24.8. The van der Waals surface area contributed by atoms with Gasteiger partial charge in [0.05, 0.1) is 14.2 Å². The molecule has 0 radical (unpaired) electrons. The third-order valence-electron chi connectivity index (χ3n) is 5.99. The maximum Gasteiger partial charge on any atom is 0.325 e. The number of rotatable bonds is 9. The van der Waals surface area contributed by atoms with Crippen LogP contribution >= 0.6 is 0 Å². The molecule has 1 heterocycles. The predicted octanol–water partition coefficient (Wildman–Crippen LogP) is 3.01. The lowest BCUT2D eigenvalue weighted by molar-refractivity contribution is -0.135. The van der Waals surface area contributed by atoms with Crippen molar-refractivity contribution >= 4 is 17.8 Å². The number of urea groups is 1. The lowest BCUT2D eigenvalue weighted by atomic mass is 9.83. The molecule has 1 saturated heterocycles. The smallest absolute Gasteiger partial charge is 0.325 e. The van der Waals surface area contributed by atoms with Gasteiger partial charge in [0.25, 0.3) is 5.91 Å². The number of nitrogens with one attached hydrogen (secondary N) is 2. The van der Waals surface area contributed by atoms with Crippen molar-refractivity contribution in [3.8, 4) is 11.5 Å². The molecule has 0 bridgehead atoms. The molecule has 0 saturated carbocycles. The standard InChI is InChI=1S/C27H27N3O5/c1-34-22-14-13-20(15-23(22)35-2)17-28-24(31)18-30-25(32)27(29-26(30)33,21-11-7-4-8-12-21)16-19-9-5-3-6-10-19/h3-15H,16-18H2,1-2H3,(H,28,31)(H,29,33)/t27-/m0/s1. The second-order valence-electron chi connectivity index (χ2n) is 8.22. The molecule has 2 N–H and O–H groups in total. The molecule has 1 aliphatic rings. The van der Waals surface area contributed by atoms with Crippen molar-refractivity contribution in [2.75, 3.05) is 20.8 Å². The fraction of sp³-hybridized carbons (Fsp3) is 0.222. The highest BCUT2D eigenvalue weighted by molar-refractivity contribution is 6.09. The van der Waals surface area contributed by atoms with Crippen LogP contribution in [-0.2, 0) is 28.1 Å². The van der Waals surface area contributed by atoms with Crippen LogP contribution in [0.25, 0.3) is 0 Å². The topological polar surface area (TPSA) is 97.0 Å². The molecule has 0 unspecified atom stereocenters. The molecule has 3 aromatic carbocycles. The van der Waals surface area contributed by atoms with E-state index in [0.717, 1.165) is 16.0 Å². The summed E-state index contributed by atoms with van der Waals surface area (Å²) >= 11 is 0. The first kappa shape index (κ1) is 23.8. The second-order valence-corrected chi connectivity index (χ2v) is 8.22. The summed E-state index contributed by atoms with van der Waals surface area (Å²) in [6.45, 7) is -0.183. The number of nitrogens with zero attached hydrogens (tertiary/aromatic N) is 1. The fourth-order valence-electron chi connectivity index (χ4n) is 4.20. The predicted molar refractivity (Wildman–Crippen MR) is 130 cm³/mol. The summed E-state index contributed by atoms with van der Waals surface area (Å²) in [5.41, 5.74) is 1.06. The molecule has 1 fully saturated rings. The van der Waals surface area contributed by atoms with Gasteiger partial charge in [0.15, 0.2) is 17.0 Å². The molecular weight excluding hydrogens is 446 g/mol. The first-order valence-electron chi connectivity index (χ1n) is 11.2. The van der Waals surface area contributed by atoms with Crippen LogP contribution in [-0.4, -0.2) is 43.5 Å². The Morgan fingerprint density at radius 2 is 1.54 bits per heavy atom. The molecule has 35 heavy (non-hydrogen) atoms. The lowest BCUT2D eigenvalue weighted by Gasteiger charge is -2.27. The molecular formula is C27H27N3O5. The van der Waals surface area contributed by atoms with E-state index in [1.54, 1.807) is 25.3 Å². The highest BCUT2D eigenvalue weighted by atomic mass is 16.5. The van der Waals surface area contributed by atoms with E-state index in [-0.39, 0.29) is 19.5 Å². The largest absolute Gasteiger partial charge is 0.493 e. The highest BCUT2D eigenvalue weighted by Crippen LogP contribution is 2.33. The Bertz CT molecular complexity index is 1220. The van der Waals surface area contributed by atoms with Gasteiger partial charge in [-0.1, -0.05) is 66.7 Å². The maximum atomic E-state index is 13.6.